The van der Waals surface area contributed by atoms with Gasteiger partial charge >= 0.3 is 0 Å². The Kier molecular flexibility index (Phi) is 4.59. The molecule has 0 atom stereocenters. The summed E-state index contributed by atoms with van der Waals surface area (Å²) in [4.78, 5) is 14.7. The third kappa shape index (κ3) is 3.14. The summed E-state index contributed by atoms with van der Waals surface area (Å²) in [6.45, 7) is 3.67. The highest BCUT2D eigenvalue weighted by Crippen LogP contribution is 2.24. The van der Waals surface area contributed by atoms with E-state index in [1.807, 2.05) is 6.07 Å². The highest BCUT2D eigenvalue weighted by Gasteiger charge is 2.35. The van der Waals surface area contributed by atoms with Gasteiger partial charge in [0.05, 0.1) is 10.9 Å². The molecule has 3 N–H and O–H groups in total. The number of oxime groups is 1. The zero-order valence-corrected chi connectivity index (χ0v) is 12.0. The van der Waals surface area contributed by atoms with E-state index in [2.05, 4.69) is 5.16 Å². The monoisotopic (exact) mass is 289 g/mol. The molecule has 0 aliphatic rings. The van der Waals surface area contributed by atoms with E-state index >= 15 is 0 Å². The largest absolute Gasteiger partial charge is 0.409 e. The maximum Gasteiger partial charge on any atom is 0.236 e. The van der Waals surface area contributed by atoms with Crippen molar-refractivity contribution in [1.82, 2.24) is 4.90 Å². The molecule has 0 bridgehead atoms. The molecule has 0 spiro atoms. The Hall–Kier alpha value is -1.27. The smallest absolute Gasteiger partial charge is 0.236 e. The molecule has 1 rings (SSSR count). The minimum atomic E-state index is -1.04. The van der Waals surface area contributed by atoms with Crippen LogP contribution in [0.25, 0.3) is 0 Å². The molecule has 0 fully saturated rings. The van der Waals surface area contributed by atoms with Gasteiger partial charge in [-0.25, -0.2) is 0 Å². The summed E-state index contributed by atoms with van der Waals surface area (Å²) in [6.07, 6.45) is 0. The number of nitrogens with two attached hydrogens (primary N) is 1. The van der Waals surface area contributed by atoms with Gasteiger partial charge in [0.1, 0.15) is 5.41 Å². The van der Waals surface area contributed by atoms with Crippen molar-refractivity contribution in [1.29, 1.82) is 0 Å². The van der Waals surface area contributed by atoms with E-state index in [9.17, 15) is 4.79 Å². The van der Waals surface area contributed by atoms with E-state index in [0.29, 0.717) is 10.9 Å². The molecule has 0 saturated heterocycles. The van der Waals surface area contributed by atoms with Crippen molar-refractivity contribution in [2.24, 2.45) is 16.3 Å². The molecule has 0 saturated carbocycles. The van der Waals surface area contributed by atoms with Gasteiger partial charge in [-0.1, -0.05) is 16.8 Å². The second-order valence-electron chi connectivity index (χ2n) is 4.48. The molecule has 100 valence electrons. The van der Waals surface area contributed by atoms with Gasteiger partial charge in [0.2, 0.25) is 5.91 Å². The summed E-state index contributed by atoms with van der Waals surface area (Å²) in [5.74, 6) is -0.328. The average molecular weight is 290 g/mol. The van der Waals surface area contributed by atoms with Gasteiger partial charge in [-0.15, -0.1) is 11.3 Å². The number of hydrogen-bond donors (Lipinski definition) is 2. The minimum absolute atomic E-state index is 0.108. The lowest BCUT2D eigenvalue weighted by Crippen LogP contribution is -2.46. The topological polar surface area (TPSA) is 78.9 Å². The lowest BCUT2D eigenvalue weighted by atomic mass is 9.90. The minimum Gasteiger partial charge on any atom is -0.409 e. The molecule has 7 heteroatoms. The Morgan fingerprint density at radius 1 is 1.61 bits per heavy atom. The van der Waals surface area contributed by atoms with Crippen LogP contribution in [-0.4, -0.2) is 28.9 Å². The van der Waals surface area contributed by atoms with Gasteiger partial charge in [0.25, 0.3) is 0 Å². The average Bonchev–Trinajstić information content (AvgIpc) is 2.72. The van der Waals surface area contributed by atoms with Gasteiger partial charge in [-0.3, -0.25) is 4.79 Å². The number of carbonyl (C=O) groups excluding carboxylic acids is 1. The number of halogens is 1. The second kappa shape index (κ2) is 5.58. The van der Waals surface area contributed by atoms with Gasteiger partial charge in [-0.05, 0) is 26.0 Å². The van der Waals surface area contributed by atoms with E-state index < -0.39 is 5.41 Å². The normalized spacial score (nSPS) is 12.6. The van der Waals surface area contributed by atoms with Crippen molar-refractivity contribution in [3.63, 3.8) is 0 Å². The van der Waals surface area contributed by atoms with E-state index in [0.717, 1.165) is 4.88 Å². The number of carbonyl (C=O) groups is 1. The van der Waals surface area contributed by atoms with E-state index in [1.54, 1.807) is 27.0 Å². The summed E-state index contributed by atoms with van der Waals surface area (Å²) in [5.41, 5.74) is 4.48. The molecule has 0 aliphatic heterocycles. The van der Waals surface area contributed by atoms with E-state index in [4.69, 9.17) is 22.5 Å². The molecule has 1 heterocycles. The van der Waals surface area contributed by atoms with Crippen LogP contribution in [0.4, 0.5) is 0 Å². The van der Waals surface area contributed by atoms with Crippen molar-refractivity contribution in [2.45, 2.75) is 20.4 Å². The van der Waals surface area contributed by atoms with Crippen LogP contribution in [0.1, 0.15) is 18.7 Å². The first kappa shape index (κ1) is 14.8. The molecule has 1 aromatic heterocycles. The third-order valence-electron chi connectivity index (χ3n) is 2.65. The summed E-state index contributed by atoms with van der Waals surface area (Å²) in [7, 11) is 1.67. The Bertz CT molecular complexity index is 471. The van der Waals surface area contributed by atoms with Crippen molar-refractivity contribution in [3.05, 3.63) is 21.3 Å². The standard InChI is InChI=1S/C11H16ClN3O2S/c1-11(2,9(13)14-17)10(16)15(3)6-7-4-5-8(12)18-7/h4-5,17H,6H2,1-3H3,(H2,13,14). The molecular formula is C11H16ClN3O2S. The summed E-state index contributed by atoms with van der Waals surface area (Å²) < 4.78 is 0.682. The first-order valence-corrected chi connectivity index (χ1v) is 6.46. The molecule has 1 amide bonds. The van der Waals surface area contributed by atoms with E-state index in [-0.39, 0.29) is 11.7 Å². The molecule has 0 radical (unpaired) electrons. The Morgan fingerprint density at radius 2 is 2.22 bits per heavy atom. The number of thiophene rings is 1. The number of nitrogens with zero attached hydrogens (tertiary/aromatic N) is 2. The third-order valence-corrected chi connectivity index (χ3v) is 3.87. The van der Waals surface area contributed by atoms with Crippen molar-refractivity contribution >= 4 is 34.7 Å². The molecular weight excluding hydrogens is 274 g/mol. The van der Waals surface area contributed by atoms with Crippen molar-refractivity contribution in [3.8, 4) is 0 Å². The molecule has 5 nitrogen and oxygen atoms in total. The number of rotatable bonds is 4. The van der Waals surface area contributed by atoms with Gasteiger partial charge in [0, 0.05) is 11.9 Å². The number of amides is 1. The van der Waals surface area contributed by atoms with Crippen LogP contribution in [0.2, 0.25) is 4.34 Å². The molecule has 18 heavy (non-hydrogen) atoms. The summed E-state index contributed by atoms with van der Waals surface area (Å²) in [5, 5.41) is 11.6. The number of amidine groups is 1. The van der Waals surface area contributed by atoms with Crippen LogP contribution in [0, 0.1) is 5.41 Å². The summed E-state index contributed by atoms with van der Waals surface area (Å²) >= 11 is 7.25. The Labute approximate surface area is 115 Å². The highest BCUT2D eigenvalue weighted by molar-refractivity contribution is 7.16. The Morgan fingerprint density at radius 3 is 2.67 bits per heavy atom. The predicted molar refractivity (Wildman–Crippen MR) is 73.0 cm³/mol. The SMILES string of the molecule is CN(Cc1ccc(Cl)s1)C(=O)C(C)(C)C(N)=NO. The van der Waals surface area contributed by atoms with Crippen LogP contribution < -0.4 is 5.73 Å². The van der Waals surface area contributed by atoms with Crippen molar-refractivity contribution < 1.29 is 10.0 Å². The van der Waals surface area contributed by atoms with E-state index in [1.165, 1.54) is 16.2 Å². The zero-order chi connectivity index (χ0) is 13.9. The van der Waals surface area contributed by atoms with Crippen LogP contribution in [-0.2, 0) is 11.3 Å². The molecule has 0 unspecified atom stereocenters. The van der Waals surface area contributed by atoms with Crippen LogP contribution in [0.5, 0.6) is 0 Å². The predicted octanol–water partition coefficient (Wildman–Crippen LogP) is 2.13. The van der Waals surface area contributed by atoms with Crippen molar-refractivity contribution in [2.75, 3.05) is 7.05 Å². The van der Waals surface area contributed by atoms with Crippen LogP contribution >= 0.6 is 22.9 Å². The zero-order valence-electron chi connectivity index (χ0n) is 10.5. The fraction of sp³-hybridized carbons (Fsp3) is 0.455. The van der Waals surface area contributed by atoms with Gasteiger partial charge < -0.3 is 15.8 Å². The lowest BCUT2D eigenvalue weighted by Gasteiger charge is -2.27. The number of hydrogen-bond acceptors (Lipinski definition) is 4. The maximum absolute atomic E-state index is 12.2. The highest BCUT2D eigenvalue weighted by atomic mass is 35.5. The first-order valence-electron chi connectivity index (χ1n) is 5.26. The molecule has 1 aromatic rings. The summed E-state index contributed by atoms with van der Waals surface area (Å²) in [6, 6.07) is 3.65. The Balaban J connectivity index is 2.78. The second-order valence-corrected chi connectivity index (χ2v) is 6.28. The molecule has 0 aliphatic carbocycles. The first-order chi connectivity index (χ1) is 8.28. The lowest BCUT2D eigenvalue weighted by molar-refractivity contribution is -0.136. The van der Waals surface area contributed by atoms with Gasteiger partial charge in [-0.2, -0.15) is 0 Å². The fourth-order valence-corrected chi connectivity index (χ4v) is 2.60. The fourth-order valence-electron chi connectivity index (χ4n) is 1.45. The quantitative estimate of drug-likeness (QED) is 0.386. The van der Waals surface area contributed by atoms with Crippen LogP contribution in [0.15, 0.2) is 17.3 Å². The van der Waals surface area contributed by atoms with Crippen LogP contribution in [0.3, 0.4) is 0 Å². The molecule has 0 aromatic carbocycles. The maximum atomic E-state index is 12.2. The van der Waals surface area contributed by atoms with Gasteiger partial charge in [0.15, 0.2) is 5.84 Å².